The zero-order valence-corrected chi connectivity index (χ0v) is 12.7. The number of aryl methyl sites for hydroxylation is 2. The fraction of sp³-hybridized carbons (Fsp3) is 0.467. The summed E-state index contributed by atoms with van der Waals surface area (Å²) in [7, 11) is 0. The van der Waals surface area contributed by atoms with Gasteiger partial charge < -0.3 is 4.74 Å². The molecule has 1 aliphatic heterocycles. The number of thioether (sulfide) groups is 1. The molecule has 0 bridgehead atoms. The van der Waals surface area contributed by atoms with Gasteiger partial charge in [0.15, 0.2) is 5.16 Å². The van der Waals surface area contributed by atoms with Crippen LogP contribution in [0.4, 0.5) is 0 Å². The molecule has 0 amide bonds. The molecule has 2 aromatic rings. The van der Waals surface area contributed by atoms with Gasteiger partial charge in [0.25, 0.3) is 0 Å². The van der Waals surface area contributed by atoms with Gasteiger partial charge in [-0.2, -0.15) is 0 Å². The average Bonchev–Trinajstić information content (AvgIpc) is 3.06. The average molecular weight is 289 g/mol. The van der Waals surface area contributed by atoms with Crippen molar-refractivity contribution < 1.29 is 4.74 Å². The first-order valence-corrected chi connectivity index (χ1v) is 7.96. The number of ether oxygens (including phenoxy) is 1. The van der Waals surface area contributed by atoms with Gasteiger partial charge in [-0.25, -0.2) is 0 Å². The molecule has 2 heterocycles. The van der Waals surface area contributed by atoms with E-state index in [0.29, 0.717) is 6.10 Å². The van der Waals surface area contributed by atoms with Gasteiger partial charge >= 0.3 is 0 Å². The Balaban J connectivity index is 1.81. The van der Waals surface area contributed by atoms with Crippen LogP contribution in [0.5, 0.6) is 0 Å². The predicted octanol–water partition coefficient (Wildman–Crippen LogP) is 3.16. The monoisotopic (exact) mass is 289 g/mol. The van der Waals surface area contributed by atoms with E-state index in [1.165, 1.54) is 12.0 Å². The lowest BCUT2D eigenvalue weighted by molar-refractivity contribution is 0.129. The molecule has 0 radical (unpaired) electrons. The number of aromatic nitrogens is 3. The quantitative estimate of drug-likeness (QED) is 0.811. The topological polar surface area (TPSA) is 39.9 Å². The number of nitrogens with zero attached hydrogens (tertiary/aromatic N) is 3. The summed E-state index contributed by atoms with van der Waals surface area (Å²) in [6, 6.07) is 8.42. The lowest BCUT2D eigenvalue weighted by atomic mass is 10.2. The molecule has 0 spiro atoms. The highest BCUT2D eigenvalue weighted by Crippen LogP contribution is 2.25. The molecule has 1 aliphatic rings. The van der Waals surface area contributed by atoms with Crippen molar-refractivity contribution in [3.63, 3.8) is 0 Å². The van der Waals surface area contributed by atoms with Crippen molar-refractivity contribution in [3.8, 4) is 5.69 Å². The van der Waals surface area contributed by atoms with Crippen LogP contribution in [0.25, 0.3) is 5.69 Å². The number of hydrogen-bond donors (Lipinski definition) is 0. The first-order chi connectivity index (χ1) is 9.74. The second-order valence-corrected chi connectivity index (χ2v) is 6.14. The molecule has 0 aliphatic carbocycles. The number of hydrogen-bond acceptors (Lipinski definition) is 4. The molecule has 1 aromatic heterocycles. The Labute approximate surface area is 123 Å². The Kier molecular flexibility index (Phi) is 4.08. The van der Waals surface area contributed by atoms with Crippen LogP contribution in [0.15, 0.2) is 29.4 Å². The van der Waals surface area contributed by atoms with E-state index < -0.39 is 0 Å². The van der Waals surface area contributed by atoms with Crippen molar-refractivity contribution >= 4 is 11.8 Å². The summed E-state index contributed by atoms with van der Waals surface area (Å²) in [5.41, 5.74) is 2.37. The predicted molar refractivity (Wildman–Crippen MR) is 80.5 cm³/mol. The van der Waals surface area contributed by atoms with E-state index in [1.54, 1.807) is 11.8 Å². The molecule has 0 saturated carbocycles. The Morgan fingerprint density at radius 3 is 3.00 bits per heavy atom. The molecule has 3 rings (SSSR count). The van der Waals surface area contributed by atoms with Crippen LogP contribution in [-0.2, 0) is 4.74 Å². The Hall–Kier alpha value is -1.33. The lowest BCUT2D eigenvalue weighted by Crippen LogP contribution is -2.09. The molecule has 5 heteroatoms. The highest BCUT2D eigenvalue weighted by molar-refractivity contribution is 7.99. The standard InChI is InChI=1S/C15H19N3OS/c1-11-5-3-6-13(9-11)18-12(2)16-17-15(18)20-10-14-7-4-8-19-14/h3,5-6,9,14H,4,7-8,10H2,1-2H3. The molecule has 0 N–H and O–H groups in total. The van der Waals surface area contributed by atoms with Crippen molar-refractivity contribution in [1.82, 2.24) is 14.8 Å². The minimum atomic E-state index is 0.364. The summed E-state index contributed by atoms with van der Waals surface area (Å²) in [4.78, 5) is 0. The van der Waals surface area contributed by atoms with Crippen molar-refractivity contribution in [2.24, 2.45) is 0 Å². The third-order valence-corrected chi connectivity index (χ3v) is 4.54. The van der Waals surface area contributed by atoms with E-state index in [9.17, 15) is 0 Å². The maximum atomic E-state index is 5.67. The maximum absolute atomic E-state index is 5.67. The summed E-state index contributed by atoms with van der Waals surface area (Å²) in [6.45, 7) is 4.99. The van der Waals surface area contributed by atoms with Crippen LogP contribution in [0.3, 0.4) is 0 Å². The zero-order chi connectivity index (χ0) is 13.9. The zero-order valence-electron chi connectivity index (χ0n) is 11.9. The van der Waals surface area contributed by atoms with Gasteiger partial charge in [-0.05, 0) is 44.4 Å². The van der Waals surface area contributed by atoms with E-state index in [4.69, 9.17) is 4.74 Å². The van der Waals surface area contributed by atoms with Gasteiger partial charge in [0, 0.05) is 18.0 Å². The fourth-order valence-corrected chi connectivity index (χ4v) is 3.51. The molecule has 1 fully saturated rings. The largest absolute Gasteiger partial charge is 0.377 e. The highest BCUT2D eigenvalue weighted by atomic mass is 32.2. The summed E-state index contributed by atoms with van der Waals surface area (Å²) >= 11 is 1.73. The summed E-state index contributed by atoms with van der Waals surface area (Å²) in [5, 5.41) is 9.47. The molecule has 20 heavy (non-hydrogen) atoms. The van der Waals surface area contributed by atoms with Crippen LogP contribution in [0, 0.1) is 13.8 Å². The van der Waals surface area contributed by atoms with E-state index in [2.05, 4.69) is 46.0 Å². The van der Waals surface area contributed by atoms with E-state index in [-0.39, 0.29) is 0 Å². The lowest BCUT2D eigenvalue weighted by Gasteiger charge is -2.11. The van der Waals surface area contributed by atoms with E-state index in [1.807, 2.05) is 6.92 Å². The Morgan fingerprint density at radius 2 is 2.25 bits per heavy atom. The Bertz CT molecular complexity index is 591. The van der Waals surface area contributed by atoms with Crippen molar-refractivity contribution in [3.05, 3.63) is 35.7 Å². The number of rotatable bonds is 4. The van der Waals surface area contributed by atoms with Crippen molar-refractivity contribution in [2.75, 3.05) is 12.4 Å². The molecular weight excluding hydrogens is 270 g/mol. The van der Waals surface area contributed by atoms with Crippen LogP contribution >= 0.6 is 11.8 Å². The van der Waals surface area contributed by atoms with Crippen molar-refractivity contribution in [1.29, 1.82) is 0 Å². The minimum Gasteiger partial charge on any atom is -0.377 e. The molecular formula is C15H19N3OS. The van der Waals surface area contributed by atoms with Crippen LogP contribution in [0.2, 0.25) is 0 Å². The maximum Gasteiger partial charge on any atom is 0.195 e. The van der Waals surface area contributed by atoms with Crippen LogP contribution < -0.4 is 0 Å². The van der Waals surface area contributed by atoms with Crippen LogP contribution in [0.1, 0.15) is 24.2 Å². The second kappa shape index (κ2) is 5.97. The molecule has 1 saturated heterocycles. The summed E-state index contributed by atoms with van der Waals surface area (Å²) in [6.07, 6.45) is 2.70. The Morgan fingerprint density at radius 1 is 1.35 bits per heavy atom. The second-order valence-electron chi connectivity index (χ2n) is 5.15. The highest BCUT2D eigenvalue weighted by Gasteiger charge is 2.18. The van der Waals surface area contributed by atoms with E-state index >= 15 is 0 Å². The first-order valence-electron chi connectivity index (χ1n) is 6.97. The molecule has 4 nitrogen and oxygen atoms in total. The fourth-order valence-electron chi connectivity index (χ4n) is 2.44. The molecule has 106 valence electrons. The normalized spacial score (nSPS) is 18.6. The van der Waals surface area contributed by atoms with Gasteiger partial charge in [-0.1, -0.05) is 23.9 Å². The number of benzene rings is 1. The summed E-state index contributed by atoms with van der Waals surface area (Å²) < 4.78 is 7.79. The van der Waals surface area contributed by atoms with Gasteiger partial charge in [0.1, 0.15) is 5.82 Å². The third-order valence-electron chi connectivity index (χ3n) is 3.48. The first kappa shape index (κ1) is 13.6. The van der Waals surface area contributed by atoms with Crippen molar-refractivity contribution in [2.45, 2.75) is 37.9 Å². The van der Waals surface area contributed by atoms with E-state index in [0.717, 1.165) is 35.4 Å². The van der Waals surface area contributed by atoms with Gasteiger partial charge in [0.05, 0.1) is 6.10 Å². The smallest absolute Gasteiger partial charge is 0.195 e. The van der Waals surface area contributed by atoms with Gasteiger partial charge in [-0.15, -0.1) is 10.2 Å². The van der Waals surface area contributed by atoms with Gasteiger partial charge in [-0.3, -0.25) is 4.57 Å². The minimum absolute atomic E-state index is 0.364. The molecule has 1 unspecified atom stereocenters. The van der Waals surface area contributed by atoms with Crippen LogP contribution in [-0.4, -0.2) is 33.2 Å². The third kappa shape index (κ3) is 2.88. The molecule has 1 atom stereocenters. The summed E-state index contributed by atoms with van der Waals surface area (Å²) in [5.74, 6) is 1.87. The van der Waals surface area contributed by atoms with Gasteiger partial charge in [0.2, 0.25) is 0 Å². The SMILES string of the molecule is Cc1cccc(-n2c(C)nnc2SCC2CCCO2)c1. The molecule has 1 aromatic carbocycles.